The molecular weight excluding hydrogens is 226 g/mol. The smallest absolute Gasteiger partial charge is 0.149 e. The normalized spacial score (nSPS) is 21.1. The minimum absolute atomic E-state index is 0.563. The summed E-state index contributed by atoms with van der Waals surface area (Å²) in [6.07, 6.45) is 4.74. The van der Waals surface area contributed by atoms with Gasteiger partial charge in [0.1, 0.15) is 11.6 Å². The lowest BCUT2D eigenvalue weighted by atomic mass is 10.2. The second-order valence-electron chi connectivity index (χ2n) is 4.96. The first kappa shape index (κ1) is 13.1. The summed E-state index contributed by atoms with van der Waals surface area (Å²) in [4.78, 5) is 13.6. The number of nitrogens with zero attached hydrogens (tertiary/aromatic N) is 4. The molecule has 1 saturated heterocycles. The maximum absolute atomic E-state index is 4.63. The van der Waals surface area contributed by atoms with Crippen molar-refractivity contribution in [1.82, 2.24) is 14.9 Å². The number of hydrogen-bond donors (Lipinski definition) is 1. The standard InChI is InChI=1S/C13H23N5/c1-4-5-15-12-8-14-9-13(16-12)18-7-6-17(3)11(2)10-18/h8-9,11H,4-7,10H2,1-3H3,(H,15,16). The van der Waals surface area contributed by atoms with Crippen LogP contribution in [-0.4, -0.2) is 54.1 Å². The first-order valence-corrected chi connectivity index (χ1v) is 6.71. The Balaban J connectivity index is 2.04. The highest BCUT2D eigenvalue weighted by Crippen LogP contribution is 2.16. The van der Waals surface area contributed by atoms with E-state index >= 15 is 0 Å². The first-order chi connectivity index (χ1) is 8.70. The van der Waals surface area contributed by atoms with E-state index in [0.29, 0.717) is 6.04 Å². The van der Waals surface area contributed by atoms with Gasteiger partial charge in [0.05, 0.1) is 12.4 Å². The molecule has 1 aromatic heterocycles. The molecule has 0 radical (unpaired) electrons. The van der Waals surface area contributed by atoms with Crippen molar-refractivity contribution in [1.29, 1.82) is 0 Å². The predicted octanol–water partition coefficient (Wildman–Crippen LogP) is 1.44. The van der Waals surface area contributed by atoms with Crippen LogP contribution in [0.5, 0.6) is 0 Å². The van der Waals surface area contributed by atoms with Crippen molar-refractivity contribution in [3.8, 4) is 0 Å². The van der Waals surface area contributed by atoms with Crippen LogP contribution < -0.4 is 10.2 Å². The average Bonchev–Trinajstić information content (AvgIpc) is 2.40. The molecule has 1 unspecified atom stereocenters. The molecule has 0 saturated carbocycles. The Hall–Kier alpha value is -1.36. The summed E-state index contributed by atoms with van der Waals surface area (Å²) in [6, 6.07) is 0.563. The fourth-order valence-corrected chi connectivity index (χ4v) is 2.10. The van der Waals surface area contributed by atoms with Gasteiger partial charge >= 0.3 is 0 Å². The molecule has 1 aliphatic heterocycles. The molecule has 5 heteroatoms. The van der Waals surface area contributed by atoms with Crippen molar-refractivity contribution in [2.75, 3.05) is 43.4 Å². The summed E-state index contributed by atoms with van der Waals surface area (Å²) >= 11 is 0. The van der Waals surface area contributed by atoms with Crippen LogP contribution >= 0.6 is 0 Å². The van der Waals surface area contributed by atoms with Gasteiger partial charge in [-0.3, -0.25) is 4.98 Å². The lowest BCUT2D eigenvalue weighted by Crippen LogP contribution is -2.50. The summed E-state index contributed by atoms with van der Waals surface area (Å²) in [7, 11) is 2.17. The highest BCUT2D eigenvalue weighted by molar-refractivity contribution is 5.44. The monoisotopic (exact) mass is 249 g/mol. The van der Waals surface area contributed by atoms with Gasteiger partial charge in [0.15, 0.2) is 0 Å². The van der Waals surface area contributed by atoms with Crippen LogP contribution in [-0.2, 0) is 0 Å². The van der Waals surface area contributed by atoms with Gasteiger partial charge in [-0.05, 0) is 20.4 Å². The van der Waals surface area contributed by atoms with Crippen molar-refractivity contribution in [3.63, 3.8) is 0 Å². The summed E-state index contributed by atoms with van der Waals surface area (Å²) in [6.45, 7) is 8.45. The van der Waals surface area contributed by atoms with Gasteiger partial charge in [0.2, 0.25) is 0 Å². The van der Waals surface area contributed by atoms with E-state index in [0.717, 1.165) is 44.2 Å². The Morgan fingerprint density at radius 2 is 2.22 bits per heavy atom. The fraction of sp³-hybridized carbons (Fsp3) is 0.692. The molecule has 0 aliphatic carbocycles. The van der Waals surface area contributed by atoms with Crippen LogP contribution in [0.2, 0.25) is 0 Å². The van der Waals surface area contributed by atoms with E-state index in [-0.39, 0.29) is 0 Å². The number of nitrogens with one attached hydrogen (secondary N) is 1. The van der Waals surface area contributed by atoms with Gasteiger partial charge in [-0.25, -0.2) is 4.98 Å². The van der Waals surface area contributed by atoms with E-state index in [9.17, 15) is 0 Å². The zero-order chi connectivity index (χ0) is 13.0. The second kappa shape index (κ2) is 6.00. The van der Waals surface area contributed by atoms with Crippen molar-refractivity contribution in [2.45, 2.75) is 26.3 Å². The van der Waals surface area contributed by atoms with E-state index in [1.807, 2.05) is 6.20 Å². The Morgan fingerprint density at radius 1 is 1.39 bits per heavy atom. The zero-order valence-electron chi connectivity index (χ0n) is 11.6. The van der Waals surface area contributed by atoms with Gasteiger partial charge in [0.25, 0.3) is 0 Å². The van der Waals surface area contributed by atoms with E-state index < -0.39 is 0 Å². The Labute approximate surface area is 109 Å². The fourth-order valence-electron chi connectivity index (χ4n) is 2.10. The number of aromatic nitrogens is 2. The summed E-state index contributed by atoms with van der Waals surface area (Å²) in [5.74, 6) is 1.86. The van der Waals surface area contributed by atoms with Crippen LogP contribution in [0.1, 0.15) is 20.3 Å². The van der Waals surface area contributed by atoms with Crippen LogP contribution in [0.25, 0.3) is 0 Å². The quantitative estimate of drug-likeness (QED) is 0.874. The van der Waals surface area contributed by atoms with Gasteiger partial charge in [-0.2, -0.15) is 0 Å². The number of rotatable bonds is 4. The van der Waals surface area contributed by atoms with Gasteiger partial charge in [-0.1, -0.05) is 6.92 Å². The molecule has 0 spiro atoms. The molecule has 1 aliphatic rings. The second-order valence-corrected chi connectivity index (χ2v) is 4.96. The van der Waals surface area contributed by atoms with E-state index in [1.54, 1.807) is 6.20 Å². The zero-order valence-corrected chi connectivity index (χ0v) is 11.6. The number of hydrogen-bond acceptors (Lipinski definition) is 5. The Morgan fingerprint density at radius 3 is 2.94 bits per heavy atom. The molecule has 1 aromatic rings. The third-order valence-electron chi connectivity index (χ3n) is 3.46. The first-order valence-electron chi connectivity index (χ1n) is 6.71. The van der Waals surface area contributed by atoms with Crippen LogP contribution in [0, 0.1) is 0 Å². The highest BCUT2D eigenvalue weighted by atomic mass is 15.3. The maximum Gasteiger partial charge on any atom is 0.149 e. The number of piperazine rings is 1. The Kier molecular flexibility index (Phi) is 4.36. The van der Waals surface area contributed by atoms with Gasteiger partial charge in [0, 0.05) is 32.2 Å². The van der Waals surface area contributed by atoms with Crippen LogP contribution in [0.3, 0.4) is 0 Å². The summed E-state index contributed by atoms with van der Waals surface area (Å²) < 4.78 is 0. The number of anilines is 2. The van der Waals surface area contributed by atoms with Gasteiger partial charge in [-0.15, -0.1) is 0 Å². The average molecular weight is 249 g/mol. The third kappa shape index (κ3) is 3.10. The Bertz CT molecular complexity index is 381. The molecule has 2 heterocycles. The van der Waals surface area contributed by atoms with Crippen molar-refractivity contribution in [2.24, 2.45) is 0 Å². The maximum atomic E-state index is 4.63. The lowest BCUT2D eigenvalue weighted by Gasteiger charge is -2.38. The molecule has 100 valence electrons. The molecule has 18 heavy (non-hydrogen) atoms. The molecule has 0 aromatic carbocycles. The predicted molar refractivity (Wildman–Crippen MR) is 75.1 cm³/mol. The molecule has 2 rings (SSSR count). The third-order valence-corrected chi connectivity index (χ3v) is 3.46. The molecule has 5 nitrogen and oxygen atoms in total. The molecule has 1 fully saturated rings. The molecule has 0 bridgehead atoms. The largest absolute Gasteiger partial charge is 0.369 e. The van der Waals surface area contributed by atoms with Crippen molar-refractivity contribution < 1.29 is 0 Å². The minimum atomic E-state index is 0.563. The molecular formula is C13H23N5. The van der Waals surface area contributed by atoms with Crippen LogP contribution in [0.15, 0.2) is 12.4 Å². The van der Waals surface area contributed by atoms with E-state index in [1.165, 1.54) is 0 Å². The van der Waals surface area contributed by atoms with Gasteiger partial charge < -0.3 is 15.1 Å². The topological polar surface area (TPSA) is 44.3 Å². The van der Waals surface area contributed by atoms with E-state index in [2.05, 4.69) is 46.0 Å². The van der Waals surface area contributed by atoms with Crippen LogP contribution in [0.4, 0.5) is 11.6 Å². The highest BCUT2D eigenvalue weighted by Gasteiger charge is 2.21. The summed E-state index contributed by atoms with van der Waals surface area (Å²) in [5, 5.41) is 3.28. The SMILES string of the molecule is CCCNc1cncc(N2CCN(C)C(C)C2)n1. The minimum Gasteiger partial charge on any atom is -0.369 e. The summed E-state index contributed by atoms with van der Waals surface area (Å²) in [5.41, 5.74) is 0. The van der Waals surface area contributed by atoms with Crippen molar-refractivity contribution in [3.05, 3.63) is 12.4 Å². The van der Waals surface area contributed by atoms with Crippen molar-refractivity contribution >= 4 is 11.6 Å². The molecule has 0 amide bonds. The number of likely N-dealkylation sites (N-methyl/N-ethyl adjacent to an activating group) is 1. The lowest BCUT2D eigenvalue weighted by molar-refractivity contribution is 0.233. The molecule has 1 atom stereocenters. The van der Waals surface area contributed by atoms with E-state index in [4.69, 9.17) is 0 Å². The molecule has 1 N–H and O–H groups in total.